The van der Waals surface area contributed by atoms with Gasteiger partial charge in [0.1, 0.15) is 23.0 Å². The average Bonchev–Trinajstić information content (AvgIpc) is 2.80. The van der Waals surface area contributed by atoms with Gasteiger partial charge in [-0.15, -0.1) is 0 Å². The number of carbonyl (C=O) groups is 2. The van der Waals surface area contributed by atoms with Gasteiger partial charge in [-0.05, 0) is 37.1 Å². The van der Waals surface area contributed by atoms with Gasteiger partial charge in [-0.2, -0.15) is 0 Å². The number of carbonyl (C=O) groups excluding carboxylic acids is 2. The minimum absolute atomic E-state index is 0.00808. The minimum Gasteiger partial charge on any atom is -0.456 e. The van der Waals surface area contributed by atoms with Crippen LogP contribution < -0.4 is 15.4 Å². The Labute approximate surface area is 144 Å². The maximum atomic E-state index is 13.1. The summed E-state index contributed by atoms with van der Waals surface area (Å²) in [5.74, 6) is 0.0873. The first-order valence-corrected chi connectivity index (χ1v) is 8.07. The zero-order valence-electron chi connectivity index (χ0n) is 13.5. The Morgan fingerprint density at radius 2 is 2.12 bits per heavy atom. The largest absolute Gasteiger partial charge is 0.456 e. The van der Waals surface area contributed by atoms with Crippen LogP contribution in [-0.2, 0) is 4.79 Å². The Hall–Kier alpha value is -2.96. The van der Waals surface area contributed by atoms with Gasteiger partial charge in [0.15, 0.2) is 0 Å². The van der Waals surface area contributed by atoms with E-state index in [4.69, 9.17) is 4.74 Å². The second-order valence-corrected chi connectivity index (χ2v) is 5.79. The third-order valence-corrected chi connectivity index (χ3v) is 3.87. The van der Waals surface area contributed by atoms with Crippen LogP contribution in [0.25, 0.3) is 0 Å². The normalized spacial score (nSPS) is 17.3. The van der Waals surface area contributed by atoms with Crippen molar-refractivity contribution in [3.05, 3.63) is 54.1 Å². The molecule has 1 fully saturated rings. The Bertz CT molecular complexity index is 764. The van der Waals surface area contributed by atoms with Gasteiger partial charge in [-0.25, -0.2) is 9.37 Å². The molecule has 0 saturated carbocycles. The van der Waals surface area contributed by atoms with Gasteiger partial charge in [0, 0.05) is 25.1 Å². The van der Waals surface area contributed by atoms with Crippen LogP contribution in [0.2, 0.25) is 0 Å². The molecule has 6 nitrogen and oxygen atoms in total. The predicted molar refractivity (Wildman–Crippen MR) is 88.8 cm³/mol. The summed E-state index contributed by atoms with van der Waals surface area (Å²) in [5, 5.41) is 5.66. The molecular weight excluding hydrogens is 325 g/mol. The molecule has 2 heterocycles. The van der Waals surface area contributed by atoms with E-state index < -0.39 is 5.82 Å². The first kappa shape index (κ1) is 16.9. The summed E-state index contributed by atoms with van der Waals surface area (Å²) in [6, 6.07) is 8.86. The lowest BCUT2D eigenvalue weighted by molar-refractivity contribution is -0.120. The molecule has 3 rings (SSSR count). The Balaban J connectivity index is 1.59. The molecule has 1 aromatic carbocycles. The maximum absolute atomic E-state index is 13.1. The van der Waals surface area contributed by atoms with E-state index in [0.717, 1.165) is 0 Å². The fraction of sp³-hybridized carbons (Fsp3) is 0.278. The van der Waals surface area contributed by atoms with Crippen molar-refractivity contribution >= 4 is 11.8 Å². The predicted octanol–water partition coefficient (Wildman–Crippen LogP) is 2.41. The topological polar surface area (TPSA) is 80.3 Å². The van der Waals surface area contributed by atoms with Crippen LogP contribution in [0.1, 0.15) is 29.8 Å². The van der Waals surface area contributed by atoms with Crippen molar-refractivity contribution < 1.29 is 18.7 Å². The number of hydrogen-bond acceptors (Lipinski definition) is 4. The van der Waals surface area contributed by atoms with Gasteiger partial charge in [0.2, 0.25) is 5.91 Å². The lowest BCUT2D eigenvalue weighted by Gasteiger charge is -2.15. The molecular formula is C18H18FN3O3. The van der Waals surface area contributed by atoms with E-state index in [-0.39, 0.29) is 23.6 Å². The van der Waals surface area contributed by atoms with Gasteiger partial charge in [-0.1, -0.05) is 6.07 Å². The van der Waals surface area contributed by atoms with Crippen LogP contribution in [0.5, 0.6) is 11.5 Å². The molecule has 0 bridgehead atoms. The highest BCUT2D eigenvalue weighted by Gasteiger charge is 2.19. The first-order chi connectivity index (χ1) is 12.1. The number of pyridine rings is 1. The van der Waals surface area contributed by atoms with E-state index in [1.807, 2.05) is 0 Å². The van der Waals surface area contributed by atoms with Crippen molar-refractivity contribution in [2.45, 2.75) is 25.3 Å². The molecule has 1 aliphatic rings. The van der Waals surface area contributed by atoms with E-state index in [1.54, 1.807) is 24.3 Å². The van der Waals surface area contributed by atoms with Crippen molar-refractivity contribution in [3.8, 4) is 11.5 Å². The van der Waals surface area contributed by atoms with Crippen LogP contribution in [0.15, 0.2) is 42.6 Å². The van der Waals surface area contributed by atoms with Gasteiger partial charge in [0.25, 0.3) is 5.91 Å². The lowest BCUT2D eigenvalue weighted by Crippen LogP contribution is -2.35. The van der Waals surface area contributed by atoms with Crippen LogP contribution in [0.4, 0.5) is 4.39 Å². The number of nitrogens with zero attached hydrogens (tertiary/aromatic N) is 1. The van der Waals surface area contributed by atoms with Gasteiger partial charge < -0.3 is 15.4 Å². The zero-order chi connectivity index (χ0) is 17.6. The number of ether oxygens (including phenoxy) is 1. The van der Waals surface area contributed by atoms with Crippen molar-refractivity contribution in [1.29, 1.82) is 0 Å². The Morgan fingerprint density at radius 3 is 2.88 bits per heavy atom. The molecule has 2 N–H and O–H groups in total. The average molecular weight is 343 g/mol. The summed E-state index contributed by atoms with van der Waals surface area (Å²) < 4.78 is 18.6. The van der Waals surface area contributed by atoms with Crippen molar-refractivity contribution in [2.75, 3.05) is 6.54 Å². The minimum atomic E-state index is -0.391. The maximum Gasteiger partial charge on any atom is 0.270 e. The number of hydrogen-bond donors (Lipinski definition) is 2. The second-order valence-electron chi connectivity index (χ2n) is 5.79. The second kappa shape index (κ2) is 7.74. The van der Waals surface area contributed by atoms with E-state index in [9.17, 15) is 14.0 Å². The number of amides is 2. The molecule has 25 heavy (non-hydrogen) atoms. The molecule has 130 valence electrons. The molecule has 1 aliphatic heterocycles. The molecule has 0 aliphatic carbocycles. The Morgan fingerprint density at radius 1 is 1.24 bits per heavy atom. The molecule has 2 aromatic rings. The van der Waals surface area contributed by atoms with Crippen molar-refractivity contribution in [2.24, 2.45) is 0 Å². The molecule has 2 amide bonds. The van der Waals surface area contributed by atoms with Crippen LogP contribution >= 0.6 is 0 Å². The fourth-order valence-corrected chi connectivity index (χ4v) is 2.57. The quantitative estimate of drug-likeness (QED) is 0.893. The van der Waals surface area contributed by atoms with Gasteiger partial charge in [-0.3, -0.25) is 9.59 Å². The zero-order valence-corrected chi connectivity index (χ0v) is 13.5. The van der Waals surface area contributed by atoms with Crippen LogP contribution in [0, 0.1) is 5.82 Å². The standard InChI is InChI=1S/C18H18FN3O3/c19-12-2-1-3-14(10-12)25-15-5-6-16(21-11-15)18(24)22-13-4-7-17(23)20-9-8-13/h1-3,5-6,10-11,13H,4,7-9H2,(H,20,23)(H,22,24). The van der Waals surface area contributed by atoms with Gasteiger partial charge >= 0.3 is 0 Å². The van der Waals surface area contributed by atoms with Crippen LogP contribution in [0.3, 0.4) is 0 Å². The molecule has 1 saturated heterocycles. The molecule has 1 aromatic heterocycles. The molecule has 0 radical (unpaired) electrons. The van der Waals surface area contributed by atoms with Crippen molar-refractivity contribution in [3.63, 3.8) is 0 Å². The number of aromatic nitrogens is 1. The third kappa shape index (κ3) is 4.76. The van der Waals surface area contributed by atoms with Crippen molar-refractivity contribution in [1.82, 2.24) is 15.6 Å². The summed E-state index contributed by atoms with van der Waals surface area (Å²) >= 11 is 0. The summed E-state index contributed by atoms with van der Waals surface area (Å²) in [6.45, 7) is 0.553. The van der Waals surface area contributed by atoms with E-state index in [0.29, 0.717) is 37.3 Å². The monoisotopic (exact) mass is 343 g/mol. The highest BCUT2D eigenvalue weighted by atomic mass is 19.1. The highest BCUT2D eigenvalue weighted by molar-refractivity contribution is 5.92. The SMILES string of the molecule is O=C1CCC(NC(=O)c2ccc(Oc3cccc(F)c3)cn2)CCN1. The molecule has 7 heteroatoms. The fourth-order valence-electron chi connectivity index (χ4n) is 2.57. The van der Waals surface area contributed by atoms with E-state index >= 15 is 0 Å². The van der Waals surface area contributed by atoms with Gasteiger partial charge in [0.05, 0.1) is 6.20 Å². The smallest absolute Gasteiger partial charge is 0.270 e. The van der Waals surface area contributed by atoms with Crippen LogP contribution in [-0.4, -0.2) is 29.4 Å². The Kier molecular flexibility index (Phi) is 5.23. The summed E-state index contributed by atoms with van der Waals surface area (Å²) in [6.07, 6.45) is 3.12. The lowest BCUT2D eigenvalue weighted by atomic mass is 10.1. The third-order valence-electron chi connectivity index (χ3n) is 3.87. The number of nitrogens with one attached hydrogen (secondary N) is 2. The molecule has 1 unspecified atom stereocenters. The number of halogens is 1. The summed E-state index contributed by atoms with van der Waals surface area (Å²) in [7, 11) is 0. The first-order valence-electron chi connectivity index (χ1n) is 8.07. The summed E-state index contributed by atoms with van der Waals surface area (Å²) in [4.78, 5) is 27.7. The van der Waals surface area contributed by atoms with E-state index in [2.05, 4.69) is 15.6 Å². The molecule has 0 spiro atoms. The summed E-state index contributed by atoms with van der Waals surface area (Å²) in [5.41, 5.74) is 0.259. The van der Waals surface area contributed by atoms with E-state index in [1.165, 1.54) is 18.3 Å². The molecule has 1 atom stereocenters. The highest BCUT2D eigenvalue weighted by Crippen LogP contribution is 2.21. The number of rotatable bonds is 4. The number of benzene rings is 1.